The van der Waals surface area contributed by atoms with Crippen molar-refractivity contribution in [2.45, 2.75) is 12.5 Å². The van der Waals surface area contributed by atoms with Crippen LogP contribution in [-0.4, -0.2) is 17.0 Å². The van der Waals surface area contributed by atoms with E-state index in [9.17, 15) is 10.1 Å². The second-order valence-electron chi connectivity index (χ2n) is 4.17. The molecule has 0 N–H and O–H groups in total. The molecule has 0 bridgehead atoms. The van der Waals surface area contributed by atoms with Crippen LogP contribution in [0.15, 0.2) is 36.5 Å². The first-order valence-electron chi connectivity index (χ1n) is 6.09. The van der Waals surface area contributed by atoms with Crippen molar-refractivity contribution in [2.75, 3.05) is 7.11 Å². The first kappa shape index (κ1) is 15.1. The SMILES string of the molecule is COc1ccc(COc2ccc(CCl)nc2)cc1[N+](=O)[O-]. The molecule has 6 nitrogen and oxygen atoms in total. The lowest BCUT2D eigenvalue weighted by Gasteiger charge is -2.07. The predicted octanol–water partition coefficient (Wildman–Crippen LogP) is 3.32. The van der Waals surface area contributed by atoms with Gasteiger partial charge in [-0.05, 0) is 23.8 Å². The van der Waals surface area contributed by atoms with E-state index in [4.69, 9.17) is 21.1 Å². The molecular weight excluding hydrogens is 296 g/mol. The number of rotatable bonds is 6. The monoisotopic (exact) mass is 308 g/mol. The van der Waals surface area contributed by atoms with Gasteiger partial charge in [-0.2, -0.15) is 0 Å². The zero-order chi connectivity index (χ0) is 15.2. The highest BCUT2D eigenvalue weighted by Crippen LogP contribution is 2.28. The van der Waals surface area contributed by atoms with Gasteiger partial charge in [0.2, 0.25) is 0 Å². The number of ether oxygens (including phenoxy) is 2. The summed E-state index contributed by atoms with van der Waals surface area (Å²) in [6, 6.07) is 8.21. The summed E-state index contributed by atoms with van der Waals surface area (Å²) >= 11 is 5.65. The maximum atomic E-state index is 10.9. The normalized spacial score (nSPS) is 10.2. The maximum absolute atomic E-state index is 10.9. The standard InChI is InChI=1S/C14H13ClN2O4/c1-20-14-5-2-10(6-13(14)17(18)19)9-21-12-4-3-11(7-15)16-8-12/h2-6,8H,7,9H2,1H3. The van der Waals surface area contributed by atoms with E-state index in [1.807, 2.05) is 0 Å². The summed E-state index contributed by atoms with van der Waals surface area (Å²) in [6.45, 7) is 0.201. The fraction of sp³-hybridized carbons (Fsp3) is 0.214. The highest BCUT2D eigenvalue weighted by molar-refractivity contribution is 6.16. The molecule has 0 spiro atoms. The molecule has 0 fully saturated rings. The lowest BCUT2D eigenvalue weighted by Crippen LogP contribution is -1.99. The van der Waals surface area contributed by atoms with Crippen molar-refractivity contribution in [1.29, 1.82) is 0 Å². The Kier molecular flexibility index (Phi) is 4.94. The first-order valence-corrected chi connectivity index (χ1v) is 6.62. The minimum atomic E-state index is -0.487. The maximum Gasteiger partial charge on any atom is 0.311 e. The van der Waals surface area contributed by atoms with E-state index in [-0.39, 0.29) is 18.0 Å². The Morgan fingerprint density at radius 3 is 2.71 bits per heavy atom. The van der Waals surface area contributed by atoms with Crippen molar-refractivity contribution in [2.24, 2.45) is 0 Å². The number of hydrogen-bond acceptors (Lipinski definition) is 5. The van der Waals surface area contributed by atoms with Crippen LogP contribution in [0.5, 0.6) is 11.5 Å². The molecule has 0 aliphatic rings. The van der Waals surface area contributed by atoms with Crippen molar-refractivity contribution < 1.29 is 14.4 Å². The number of aromatic nitrogens is 1. The number of halogens is 1. The fourth-order valence-electron chi connectivity index (χ4n) is 1.71. The minimum absolute atomic E-state index is 0.0887. The molecule has 0 saturated carbocycles. The average molecular weight is 309 g/mol. The largest absolute Gasteiger partial charge is 0.490 e. The van der Waals surface area contributed by atoms with E-state index in [1.54, 1.807) is 30.5 Å². The Morgan fingerprint density at radius 1 is 1.33 bits per heavy atom. The third kappa shape index (κ3) is 3.82. The summed E-state index contributed by atoms with van der Waals surface area (Å²) in [4.78, 5) is 14.6. The van der Waals surface area contributed by atoms with Gasteiger partial charge in [-0.3, -0.25) is 15.1 Å². The Labute approximate surface area is 126 Å². The van der Waals surface area contributed by atoms with Crippen LogP contribution in [0, 0.1) is 10.1 Å². The van der Waals surface area contributed by atoms with E-state index in [2.05, 4.69) is 4.98 Å². The molecule has 1 aromatic heterocycles. The molecule has 2 aromatic rings. The highest BCUT2D eigenvalue weighted by atomic mass is 35.5. The molecule has 0 aliphatic carbocycles. The molecule has 0 radical (unpaired) electrons. The molecule has 0 atom stereocenters. The Morgan fingerprint density at radius 2 is 2.14 bits per heavy atom. The summed E-state index contributed by atoms with van der Waals surface area (Å²) < 4.78 is 10.5. The molecule has 110 valence electrons. The van der Waals surface area contributed by atoms with Gasteiger partial charge in [0.05, 0.1) is 29.8 Å². The van der Waals surface area contributed by atoms with Crippen LogP contribution in [0.25, 0.3) is 0 Å². The van der Waals surface area contributed by atoms with Crippen molar-refractivity contribution in [3.05, 3.63) is 57.9 Å². The third-order valence-corrected chi connectivity index (χ3v) is 3.05. The van der Waals surface area contributed by atoms with Crippen LogP contribution < -0.4 is 9.47 Å². The third-order valence-electron chi connectivity index (χ3n) is 2.78. The molecule has 0 unspecified atom stereocenters. The molecule has 0 aliphatic heterocycles. The van der Waals surface area contributed by atoms with Gasteiger partial charge < -0.3 is 9.47 Å². The topological polar surface area (TPSA) is 74.5 Å². The van der Waals surface area contributed by atoms with E-state index in [0.717, 1.165) is 5.69 Å². The van der Waals surface area contributed by atoms with Crippen molar-refractivity contribution in [3.8, 4) is 11.5 Å². The summed E-state index contributed by atoms with van der Waals surface area (Å²) in [7, 11) is 1.39. The second kappa shape index (κ2) is 6.90. The molecule has 2 rings (SSSR count). The van der Waals surface area contributed by atoms with Gasteiger partial charge in [-0.25, -0.2) is 0 Å². The number of nitro benzene ring substituents is 1. The van der Waals surface area contributed by atoms with Crippen LogP contribution in [0.4, 0.5) is 5.69 Å². The molecular formula is C14H13ClN2O4. The van der Waals surface area contributed by atoms with Gasteiger partial charge in [0, 0.05) is 6.07 Å². The predicted molar refractivity (Wildman–Crippen MR) is 77.8 cm³/mol. The molecule has 21 heavy (non-hydrogen) atoms. The van der Waals surface area contributed by atoms with E-state index in [1.165, 1.54) is 13.2 Å². The summed E-state index contributed by atoms with van der Waals surface area (Å²) in [6.07, 6.45) is 1.57. The first-order chi connectivity index (χ1) is 10.1. The Balaban J connectivity index is 2.08. The smallest absolute Gasteiger partial charge is 0.311 e. The summed E-state index contributed by atoms with van der Waals surface area (Å²) in [5, 5.41) is 10.9. The molecule has 0 amide bonds. The lowest BCUT2D eigenvalue weighted by atomic mass is 10.2. The Bertz CT molecular complexity index is 631. The van der Waals surface area contributed by atoms with E-state index >= 15 is 0 Å². The van der Waals surface area contributed by atoms with Gasteiger partial charge in [0.25, 0.3) is 0 Å². The number of methoxy groups -OCH3 is 1. The number of pyridine rings is 1. The van der Waals surface area contributed by atoms with Crippen LogP contribution in [-0.2, 0) is 12.5 Å². The molecule has 1 heterocycles. The summed E-state index contributed by atoms with van der Waals surface area (Å²) in [5.74, 6) is 1.13. The number of hydrogen-bond donors (Lipinski definition) is 0. The fourth-order valence-corrected chi connectivity index (χ4v) is 1.87. The number of nitrogens with zero attached hydrogens (tertiary/aromatic N) is 2. The van der Waals surface area contributed by atoms with Crippen LogP contribution in [0.2, 0.25) is 0 Å². The van der Waals surface area contributed by atoms with Gasteiger partial charge in [-0.15, -0.1) is 11.6 Å². The highest BCUT2D eigenvalue weighted by Gasteiger charge is 2.15. The summed E-state index contributed by atoms with van der Waals surface area (Å²) in [5.41, 5.74) is 1.34. The van der Waals surface area contributed by atoms with Crippen LogP contribution >= 0.6 is 11.6 Å². The molecule has 7 heteroatoms. The van der Waals surface area contributed by atoms with Crippen LogP contribution in [0.1, 0.15) is 11.3 Å². The van der Waals surface area contributed by atoms with Crippen molar-refractivity contribution >= 4 is 17.3 Å². The van der Waals surface area contributed by atoms with Gasteiger partial charge in [-0.1, -0.05) is 6.07 Å². The zero-order valence-electron chi connectivity index (χ0n) is 11.3. The van der Waals surface area contributed by atoms with Gasteiger partial charge in [0.15, 0.2) is 5.75 Å². The van der Waals surface area contributed by atoms with Crippen LogP contribution in [0.3, 0.4) is 0 Å². The second-order valence-corrected chi connectivity index (χ2v) is 4.44. The quantitative estimate of drug-likeness (QED) is 0.465. The minimum Gasteiger partial charge on any atom is -0.490 e. The van der Waals surface area contributed by atoms with Gasteiger partial charge in [0.1, 0.15) is 12.4 Å². The lowest BCUT2D eigenvalue weighted by molar-refractivity contribution is -0.385. The molecule has 1 aromatic carbocycles. The average Bonchev–Trinajstić information content (AvgIpc) is 2.53. The van der Waals surface area contributed by atoms with Crippen molar-refractivity contribution in [3.63, 3.8) is 0 Å². The molecule has 0 saturated heterocycles. The van der Waals surface area contributed by atoms with Gasteiger partial charge >= 0.3 is 5.69 Å². The number of benzene rings is 1. The van der Waals surface area contributed by atoms with E-state index < -0.39 is 4.92 Å². The Hall–Kier alpha value is -2.34. The van der Waals surface area contributed by atoms with Crippen molar-refractivity contribution in [1.82, 2.24) is 4.98 Å². The number of alkyl halides is 1. The number of nitro groups is 1. The zero-order valence-corrected chi connectivity index (χ0v) is 12.0. The van der Waals surface area contributed by atoms with E-state index in [0.29, 0.717) is 17.2 Å².